The van der Waals surface area contributed by atoms with Gasteiger partial charge in [-0.15, -0.1) is 0 Å². The highest BCUT2D eigenvalue weighted by Crippen LogP contribution is 2.36. The second kappa shape index (κ2) is 8.33. The Labute approximate surface area is 123 Å². The molecule has 0 bridgehead atoms. The third-order valence-corrected chi connectivity index (χ3v) is 4.21. The van der Waals surface area contributed by atoms with Crippen molar-refractivity contribution >= 4 is 5.97 Å². The van der Waals surface area contributed by atoms with E-state index in [-0.39, 0.29) is 11.7 Å². The van der Waals surface area contributed by atoms with Crippen molar-refractivity contribution in [1.29, 1.82) is 0 Å². The fraction of sp³-hybridized carbons (Fsp3) is 0.824. The summed E-state index contributed by atoms with van der Waals surface area (Å²) in [6.45, 7) is 5.92. The van der Waals surface area contributed by atoms with Gasteiger partial charge in [0.2, 0.25) is 0 Å². The van der Waals surface area contributed by atoms with Gasteiger partial charge in [0, 0.05) is 0 Å². The molecule has 1 atom stereocenters. The monoisotopic (exact) mass is 282 g/mol. The Bertz CT molecular complexity index is 346. The van der Waals surface area contributed by atoms with E-state index >= 15 is 0 Å². The van der Waals surface area contributed by atoms with Crippen LogP contribution >= 0.6 is 0 Å². The fourth-order valence-electron chi connectivity index (χ4n) is 2.81. The number of hydrogen-bond acceptors (Lipinski definition) is 3. The molecule has 1 unspecified atom stereocenters. The SMILES string of the molecule is CCCCCCCCCCC1(C)OC(=O)C(CC)=C1O. The fourth-order valence-corrected chi connectivity index (χ4v) is 2.81. The van der Waals surface area contributed by atoms with Crippen LogP contribution < -0.4 is 0 Å². The van der Waals surface area contributed by atoms with Crippen molar-refractivity contribution in [1.82, 2.24) is 0 Å². The van der Waals surface area contributed by atoms with Crippen LogP contribution in [-0.2, 0) is 9.53 Å². The molecule has 0 fully saturated rings. The Balaban J connectivity index is 2.22. The summed E-state index contributed by atoms with van der Waals surface area (Å²) >= 11 is 0. The summed E-state index contributed by atoms with van der Waals surface area (Å²) in [5.74, 6) is -0.181. The van der Waals surface area contributed by atoms with Crippen molar-refractivity contribution < 1.29 is 14.6 Å². The van der Waals surface area contributed by atoms with Gasteiger partial charge in [0.05, 0.1) is 5.57 Å². The first-order valence-electron chi connectivity index (χ1n) is 8.21. The highest BCUT2D eigenvalue weighted by molar-refractivity contribution is 5.92. The molecule has 0 saturated heterocycles. The standard InChI is InChI=1S/C17H30O3/c1-4-6-7-8-9-10-11-12-13-17(3)15(18)14(5-2)16(19)20-17/h18H,4-13H2,1-3H3. The molecular weight excluding hydrogens is 252 g/mol. The van der Waals surface area contributed by atoms with Gasteiger partial charge in [0.15, 0.2) is 5.60 Å². The number of rotatable bonds is 10. The number of aliphatic hydroxyl groups is 1. The predicted octanol–water partition coefficient (Wildman–Crippen LogP) is 5.05. The Morgan fingerprint density at radius 2 is 1.55 bits per heavy atom. The van der Waals surface area contributed by atoms with Gasteiger partial charge in [-0.3, -0.25) is 0 Å². The molecule has 1 aliphatic heterocycles. The summed E-state index contributed by atoms with van der Waals surface area (Å²) in [4.78, 5) is 11.6. The number of carbonyl (C=O) groups is 1. The Morgan fingerprint density at radius 3 is 2.05 bits per heavy atom. The second-order valence-electron chi connectivity index (χ2n) is 6.03. The lowest BCUT2D eigenvalue weighted by molar-refractivity contribution is -0.147. The van der Waals surface area contributed by atoms with Gasteiger partial charge < -0.3 is 9.84 Å². The summed E-state index contributed by atoms with van der Waals surface area (Å²) in [5, 5.41) is 10.1. The lowest BCUT2D eigenvalue weighted by atomic mass is 9.94. The van der Waals surface area contributed by atoms with Crippen LogP contribution in [-0.4, -0.2) is 16.7 Å². The zero-order valence-corrected chi connectivity index (χ0v) is 13.3. The van der Waals surface area contributed by atoms with Gasteiger partial charge >= 0.3 is 5.97 Å². The molecule has 0 radical (unpaired) electrons. The zero-order chi connectivity index (χ0) is 15.0. The molecular formula is C17H30O3. The van der Waals surface area contributed by atoms with Crippen molar-refractivity contribution in [3.8, 4) is 0 Å². The van der Waals surface area contributed by atoms with Crippen LogP contribution in [0.25, 0.3) is 0 Å². The van der Waals surface area contributed by atoms with Gasteiger partial charge in [-0.05, 0) is 26.2 Å². The second-order valence-corrected chi connectivity index (χ2v) is 6.03. The lowest BCUT2D eigenvalue weighted by Gasteiger charge is -2.23. The average Bonchev–Trinajstić information content (AvgIpc) is 2.63. The molecule has 0 aromatic rings. The maximum atomic E-state index is 11.6. The number of ether oxygens (including phenoxy) is 1. The Morgan fingerprint density at radius 1 is 1.00 bits per heavy atom. The molecule has 1 aliphatic rings. The molecule has 0 amide bonds. The average molecular weight is 282 g/mol. The van der Waals surface area contributed by atoms with Crippen molar-refractivity contribution in [2.75, 3.05) is 0 Å². The van der Waals surface area contributed by atoms with E-state index in [2.05, 4.69) is 6.92 Å². The van der Waals surface area contributed by atoms with Crippen LogP contribution in [0.15, 0.2) is 11.3 Å². The summed E-state index contributed by atoms with van der Waals surface area (Å²) in [7, 11) is 0. The van der Waals surface area contributed by atoms with E-state index in [0.29, 0.717) is 12.0 Å². The number of hydrogen-bond donors (Lipinski definition) is 1. The largest absolute Gasteiger partial charge is 0.507 e. The van der Waals surface area contributed by atoms with Crippen LogP contribution in [0, 0.1) is 0 Å². The summed E-state index contributed by atoms with van der Waals surface area (Å²) in [6.07, 6.45) is 11.2. The van der Waals surface area contributed by atoms with Crippen LogP contribution in [0.2, 0.25) is 0 Å². The van der Waals surface area contributed by atoms with Gasteiger partial charge in [0.1, 0.15) is 5.76 Å². The van der Waals surface area contributed by atoms with Crippen LogP contribution in [0.1, 0.15) is 85.0 Å². The van der Waals surface area contributed by atoms with Crippen LogP contribution in [0.5, 0.6) is 0 Å². The normalized spacial score (nSPS) is 22.4. The summed E-state index contributed by atoms with van der Waals surface area (Å²) in [6, 6.07) is 0. The van der Waals surface area contributed by atoms with E-state index < -0.39 is 5.60 Å². The highest BCUT2D eigenvalue weighted by Gasteiger charge is 2.43. The van der Waals surface area contributed by atoms with E-state index in [0.717, 1.165) is 19.3 Å². The number of cyclic esters (lactones) is 1. The number of aliphatic hydroxyl groups excluding tert-OH is 1. The molecule has 0 aliphatic carbocycles. The van der Waals surface area contributed by atoms with Crippen LogP contribution in [0.3, 0.4) is 0 Å². The maximum Gasteiger partial charge on any atom is 0.338 e. The first-order chi connectivity index (χ1) is 9.55. The van der Waals surface area contributed by atoms with Gasteiger partial charge in [-0.25, -0.2) is 4.79 Å². The highest BCUT2D eigenvalue weighted by atomic mass is 16.6. The molecule has 116 valence electrons. The maximum absolute atomic E-state index is 11.6. The first kappa shape index (κ1) is 17.1. The van der Waals surface area contributed by atoms with E-state index in [9.17, 15) is 9.90 Å². The quantitative estimate of drug-likeness (QED) is 0.450. The third-order valence-electron chi connectivity index (χ3n) is 4.21. The molecule has 1 rings (SSSR count). The molecule has 0 saturated carbocycles. The summed E-state index contributed by atoms with van der Waals surface area (Å²) in [5.41, 5.74) is -0.322. The van der Waals surface area contributed by atoms with Crippen molar-refractivity contribution in [3.05, 3.63) is 11.3 Å². The van der Waals surface area contributed by atoms with Gasteiger partial charge in [-0.2, -0.15) is 0 Å². The van der Waals surface area contributed by atoms with Gasteiger partial charge in [0.25, 0.3) is 0 Å². The van der Waals surface area contributed by atoms with Crippen molar-refractivity contribution in [2.45, 2.75) is 90.6 Å². The van der Waals surface area contributed by atoms with Crippen LogP contribution in [0.4, 0.5) is 0 Å². The van der Waals surface area contributed by atoms with Crippen molar-refractivity contribution in [2.24, 2.45) is 0 Å². The molecule has 0 aromatic heterocycles. The Kier molecular flexibility index (Phi) is 7.11. The van der Waals surface area contributed by atoms with E-state index in [1.54, 1.807) is 0 Å². The molecule has 3 heteroatoms. The molecule has 1 N–H and O–H groups in total. The topological polar surface area (TPSA) is 46.5 Å². The minimum atomic E-state index is -0.773. The van der Waals surface area contributed by atoms with E-state index in [4.69, 9.17) is 4.74 Å². The minimum absolute atomic E-state index is 0.160. The molecule has 0 spiro atoms. The third kappa shape index (κ3) is 4.53. The number of esters is 1. The molecule has 20 heavy (non-hydrogen) atoms. The molecule has 0 aromatic carbocycles. The van der Waals surface area contributed by atoms with E-state index in [1.807, 2.05) is 13.8 Å². The summed E-state index contributed by atoms with van der Waals surface area (Å²) < 4.78 is 5.36. The van der Waals surface area contributed by atoms with E-state index in [1.165, 1.54) is 38.5 Å². The molecule has 1 heterocycles. The number of unbranched alkanes of at least 4 members (excludes halogenated alkanes) is 7. The zero-order valence-electron chi connectivity index (χ0n) is 13.3. The Hall–Kier alpha value is -0.990. The number of carbonyl (C=O) groups excluding carboxylic acids is 1. The molecule has 3 nitrogen and oxygen atoms in total. The lowest BCUT2D eigenvalue weighted by Crippen LogP contribution is -2.27. The predicted molar refractivity (Wildman–Crippen MR) is 81.7 cm³/mol. The van der Waals surface area contributed by atoms with Gasteiger partial charge in [-0.1, -0.05) is 58.8 Å². The van der Waals surface area contributed by atoms with Crippen molar-refractivity contribution in [3.63, 3.8) is 0 Å². The first-order valence-corrected chi connectivity index (χ1v) is 8.21. The smallest absolute Gasteiger partial charge is 0.338 e. The minimum Gasteiger partial charge on any atom is -0.507 e.